The van der Waals surface area contributed by atoms with Crippen molar-refractivity contribution >= 4 is 11.6 Å². The summed E-state index contributed by atoms with van der Waals surface area (Å²) in [6, 6.07) is 20.0. The molecule has 3 atom stereocenters. The highest BCUT2D eigenvalue weighted by Gasteiger charge is 2.39. The van der Waals surface area contributed by atoms with E-state index in [2.05, 4.69) is 54.4 Å². The lowest BCUT2D eigenvalue weighted by molar-refractivity contribution is -0.0426. The van der Waals surface area contributed by atoms with Crippen LogP contribution in [0.15, 0.2) is 54.6 Å². The molecule has 0 aliphatic carbocycles. The molecule has 2 saturated heterocycles. The first kappa shape index (κ1) is 18.7. The van der Waals surface area contributed by atoms with Crippen LogP contribution in [0.3, 0.4) is 0 Å². The molecule has 0 saturated carbocycles. The smallest absolute Gasteiger partial charge is 0.108 e. The number of nitrogens with zero attached hydrogens (tertiary/aromatic N) is 1. The Hall–Kier alpha value is -1.06. The van der Waals surface area contributed by atoms with E-state index in [1.165, 1.54) is 24.0 Å². The fourth-order valence-electron chi connectivity index (χ4n) is 4.28. The van der Waals surface area contributed by atoms with E-state index in [9.17, 15) is 0 Å². The van der Waals surface area contributed by atoms with Gasteiger partial charge >= 0.3 is 0 Å². The van der Waals surface area contributed by atoms with Gasteiger partial charge < -0.3 is 22.0 Å². The van der Waals surface area contributed by atoms with Crippen LogP contribution in [-0.2, 0) is 4.74 Å². The molecule has 4 rings (SSSR count). The topological polar surface area (TPSA) is 12.5 Å². The highest BCUT2D eigenvalue weighted by Crippen LogP contribution is 2.38. The van der Waals surface area contributed by atoms with E-state index in [-0.39, 0.29) is 18.5 Å². The van der Waals surface area contributed by atoms with E-state index in [1.807, 2.05) is 12.1 Å². The highest BCUT2D eigenvalue weighted by molar-refractivity contribution is 6.30. The predicted octanol–water partition coefficient (Wildman–Crippen LogP) is 2.08. The summed E-state index contributed by atoms with van der Waals surface area (Å²) in [5.41, 5.74) is 2.39. The highest BCUT2D eigenvalue weighted by atomic mass is 35.5. The zero-order valence-corrected chi connectivity index (χ0v) is 16.0. The fourth-order valence-corrected chi connectivity index (χ4v) is 4.41. The third-order valence-electron chi connectivity index (χ3n) is 5.66. The first-order valence-electron chi connectivity index (χ1n) is 8.88. The second-order valence-corrected chi connectivity index (χ2v) is 7.56. The molecule has 2 heterocycles. The van der Waals surface area contributed by atoms with Crippen LogP contribution in [0.2, 0.25) is 5.02 Å². The maximum atomic E-state index is 6.66. The number of ether oxygens (including phenoxy) is 1. The Labute approximate surface area is 161 Å². The SMILES string of the molecule is CN1C2CCC1CC(OC(c1ccccc1)c1ccc(Cl)cc1)C2.[Cl-]. The molecular formula is C21H24Cl2NO-. The van der Waals surface area contributed by atoms with E-state index >= 15 is 0 Å². The predicted molar refractivity (Wildman–Crippen MR) is 98.4 cm³/mol. The Morgan fingerprint density at radius 1 is 0.920 bits per heavy atom. The van der Waals surface area contributed by atoms with Crippen LogP contribution in [0.5, 0.6) is 0 Å². The van der Waals surface area contributed by atoms with Crippen molar-refractivity contribution in [1.82, 2.24) is 4.90 Å². The maximum Gasteiger partial charge on any atom is 0.108 e. The third kappa shape index (κ3) is 4.03. The Balaban J connectivity index is 0.00000182. The van der Waals surface area contributed by atoms with Crippen LogP contribution in [0.1, 0.15) is 42.9 Å². The van der Waals surface area contributed by atoms with Gasteiger partial charge in [-0.25, -0.2) is 0 Å². The second kappa shape index (κ2) is 8.09. The molecule has 2 aliphatic heterocycles. The average molecular weight is 377 g/mol. The fraction of sp³-hybridized carbons (Fsp3) is 0.429. The number of halogens is 2. The summed E-state index contributed by atoms with van der Waals surface area (Å²) in [6.45, 7) is 0. The van der Waals surface area contributed by atoms with Crippen molar-refractivity contribution in [2.24, 2.45) is 0 Å². The Bertz CT molecular complexity index is 662. The van der Waals surface area contributed by atoms with Gasteiger partial charge in [0.1, 0.15) is 6.10 Å². The molecule has 4 heteroatoms. The number of hydrogen-bond donors (Lipinski definition) is 0. The zero-order chi connectivity index (χ0) is 16.5. The van der Waals surface area contributed by atoms with Gasteiger partial charge in [0, 0.05) is 17.1 Å². The summed E-state index contributed by atoms with van der Waals surface area (Å²) >= 11 is 6.07. The molecule has 2 aromatic carbocycles. The monoisotopic (exact) mass is 376 g/mol. The Kier molecular flexibility index (Phi) is 6.06. The van der Waals surface area contributed by atoms with Gasteiger partial charge in [-0.15, -0.1) is 0 Å². The number of fused-ring (bicyclic) bond motifs is 2. The Morgan fingerprint density at radius 2 is 1.48 bits per heavy atom. The third-order valence-corrected chi connectivity index (χ3v) is 5.91. The van der Waals surface area contributed by atoms with Gasteiger partial charge in [-0.3, -0.25) is 0 Å². The van der Waals surface area contributed by atoms with Crippen molar-refractivity contribution in [3.63, 3.8) is 0 Å². The number of piperidine rings is 1. The molecule has 2 aromatic rings. The number of hydrogen-bond acceptors (Lipinski definition) is 2. The summed E-state index contributed by atoms with van der Waals surface area (Å²) in [6.07, 6.45) is 5.24. The van der Waals surface area contributed by atoms with E-state index in [0.717, 1.165) is 17.9 Å². The molecule has 0 radical (unpaired) electrons. The van der Waals surface area contributed by atoms with Crippen molar-refractivity contribution in [2.75, 3.05) is 7.05 Å². The molecule has 0 amide bonds. The lowest BCUT2D eigenvalue weighted by Gasteiger charge is -2.38. The molecular weight excluding hydrogens is 353 g/mol. The summed E-state index contributed by atoms with van der Waals surface area (Å²) in [4.78, 5) is 2.56. The largest absolute Gasteiger partial charge is 1.00 e. The molecule has 2 aliphatic rings. The normalized spacial score (nSPS) is 26.9. The van der Waals surface area contributed by atoms with Crippen molar-refractivity contribution in [2.45, 2.75) is 50.0 Å². The minimum atomic E-state index is -0.0173. The van der Waals surface area contributed by atoms with Crippen LogP contribution >= 0.6 is 11.6 Å². The Morgan fingerprint density at radius 3 is 2.08 bits per heavy atom. The molecule has 134 valence electrons. The molecule has 0 spiro atoms. The minimum Gasteiger partial charge on any atom is -1.00 e. The van der Waals surface area contributed by atoms with E-state index in [0.29, 0.717) is 18.2 Å². The lowest BCUT2D eigenvalue weighted by atomic mass is 9.97. The van der Waals surface area contributed by atoms with Crippen LogP contribution in [0.4, 0.5) is 0 Å². The summed E-state index contributed by atoms with van der Waals surface area (Å²) in [7, 11) is 2.27. The quantitative estimate of drug-likeness (QED) is 0.809. The second-order valence-electron chi connectivity index (χ2n) is 7.12. The average Bonchev–Trinajstić information content (AvgIpc) is 2.83. The van der Waals surface area contributed by atoms with Gasteiger partial charge in [-0.1, -0.05) is 54.1 Å². The molecule has 2 bridgehead atoms. The minimum absolute atomic E-state index is 0. The maximum absolute atomic E-state index is 6.66. The van der Waals surface area contributed by atoms with Crippen LogP contribution in [0, 0.1) is 0 Å². The summed E-state index contributed by atoms with van der Waals surface area (Å²) < 4.78 is 6.66. The van der Waals surface area contributed by atoms with Gasteiger partial charge in [0.15, 0.2) is 0 Å². The molecule has 3 unspecified atom stereocenters. The molecule has 0 N–H and O–H groups in total. The molecule has 25 heavy (non-hydrogen) atoms. The van der Waals surface area contributed by atoms with Gasteiger partial charge in [-0.2, -0.15) is 0 Å². The van der Waals surface area contributed by atoms with Gasteiger partial charge in [-0.05, 0) is 56.0 Å². The molecule has 2 fully saturated rings. The lowest BCUT2D eigenvalue weighted by Crippen LogP contribution is -3.00. The van der Waals surface area contributed by atoms with Crippen LogP contribution in [0.25, 0.3) is 0 Å². The van der Waals surface area contributed by atoms with E-state index < -0.39 is 0 Å². The van der Waals surface area contributed by atoms with Crippen molar-refractivity contribution in [3.05, 3.63) is 70.7 Å². The van der Waals surface area contributed by atoms with Gasteiger partial charge in [0.2, 0.25) is 0 Å². The molecule has 0 aromatic heterocycles. The van der Waals surface area contributed by atoms with Crippen molar-refractivity contribution in [3.8, 4) is 0 Å². The van der Waals surface area contributed by atoms with E-state index in [1.54, 1.807) is 0 Å². The molecule has 2 nitrogen and oxygen atoms in total. The number of benzene rings is 2. The first-order valence-corrected chi connectivity index (χ1v) is 9.26. The first-order chi connectivity index (χ1) is 11.7. The van der Waals surface area contributed by atoms with Gasteiger partial charge in [0.05, 0.1) is 6.10 Å². The van der Waals surface area contributed by atoms with E-state index in [4.69, 9.17) is 16.3 Å². The summed E-state index contributed by atoms with van der Waals surface area (Å²) in [5.74, 6) is 0. The van der Waals surface area contributed by atoms with Crippen molar-refractivity contribution < 1.29 is 17.1 Å². The zero-order valence-electron chi connectivity index (χ0n) is 14.4. The van der Waals surface area contributed by atoms with Crippen LogP contribution < -0.4 is 12.4 Å². The number of rotatable bonds is 4. The van der Waals surface area contributed by atoms with Crippen molar-refractivity contribution in [1.29, 1.82) is 0 Å². The van der Waals surface area contributed by atoms with Gasteiger partial charge in [0.25, 0.3) is 0 Å². The summed E-state index contributed by atoms with van der Waals surface area (Å²) in [5, 5.41) is 0.767. The standard InChI is InChI=1S/C21H24ClNO.ClH/c1-23-18-11-12-19(23)14-20(13-18)24-21(15-5-3-2-4-6-15)16-7-9-17(22)10-8-16;/h2-10,18-21H,11-14H2,1H3;1H/p-1. The van der Waals surface area contributed by atoms with Crippen LogP contribution in [-0.4, -0.2) is 30.1 Å².